The van der Waals surface area contributed by atoms with E-state index < -0.39 is 17.9 Å². The average Bonchev–Trinajstić information content (AvgIpc) is 2.84. The molecular weight excluding hydrogens is 460 g/mol. The maximum atomic E-state index is 12.8. The molecular formula is C27H36N4O5. The molecule has 194 valence electrons. The molecule has 2 aromatic rings. The lowest BCUT2D eigenvalue weighted by Gasteiger charge is -2.35. The van der Waals surface area contributed by atoms with Gasteiger partial charge in [-0.05, 0) is 75.5 Å². The summed E-state index contributed by atoms with van der Waals surface area (Å²) in [6.45, 7) is 4.77. The zero-order valence-corrected chi connectivity index (χ0v) is 21.3. The van der Waals surface area contributed by atoms with Gasteiger partial charge in [0.2, 0.25) is 5.88 Å². The van der Waals surface area contributed by atoms with E-state index in [2.05, 4.69) is 27.8 Å². The van der Waals surface area contributed by atoms with Gasteiger partial charge in [-0.2, -0.15) is 0 Å². The summed E-state index contributed by atoms with van der Waals surface area (Å²) in [5.41, 5.74) is 4.07. The third-order valence-corrected chi connectivity index (χ3v) is 7.20. The summed E-state index contributed by atoms with van der Waals surface area (Å²) in [4.78, 5) is 33.5. The molecule has 0 spiro atoms. The van der Waals surface area contributed by atoms with Crippen molar-refractivity contribution in [3.63, 3.8) is 0 Å². The van der Waals surface area contributed by atoms with Crippen molar-refractivity contribution in [1.29, 1.82) is 0 Å². The number of nitrogens with zero attached hydrogens (tertiary/aromatic N) is 2. The lowest BCUT2D eigenvalue weighted by molar-refractivity contribution is -0.140. The second kappa shape index (κ2) is 11.7. The van der Waals surface area contributed by atoms with Crippen LogP contribution < -0.4 is 15.4 Å². The summed E-state index contributed by atoms with van der Waals surface area (Å²) in [7, 11) is 1.48. The number of amides is 1. The molecule has 0 unspecified atom stereocenters. The molecule has 1 atom stereocenters. The van der Waals surface area contributed by atoms with Gasteiger partial charge >= 0.3 is 5.97 Å². The highest BCUT2D eigenvalue weighted by atomic mass is 16.5. The fourth-order valence-electron chi connectivity index (χ4n) is 5.02. The number of methoxy groups -OCH3 is 1. The van der Waals surface area contributed by atoms with Crippen molar-refractivity contribution < 1.29 is 24.2 Å². The van der Waals surface area contributed by atoms with Crippen LogP contribution in [0.5, 0.6) is 5.88 Å². The summed E-state index contributed by atoms with van der Waals surface area (Å²) in [6, 6.07) is 3.31. The predicted molar refractivity (Wildman–Crippen MR) is 136 cm³/mol. The molecule has 2 aromatic heterocycles. The smallest absolute Gasteiger partial charge is 0.326 e. The molecule has 0 saturated heterocycles. The summed E-state index contributed by atoms with van der Waals surface area (Å²) >= 11 is 0. The monoisotopic (exact) mass is 496 g/mol. The number of aryl methyl sites for hydroxylation is 3. The number of aliphatic carboxylic acids is 1. The number of rotatable bonds is 11. The summed E-state index contributed by atoms with van der Waals surface area (Å²) in [5, 5.41) is 15.6. The van der Waals surface area contributed by atoms with Gasteiger partial charge in [-0.3, -0.25) is 4.79 Å². The van der Waals surface area contributed by atoms with Crippen molar-refractivity contribution in [3.05, 3.63) is 46.3 Å². The number of carboxylic acids is 1. The Bertz CT molecular complexity index is 1100. The highest BCUT2D eigenvalue weighted by molar-refractivity contribution is 5.99. The SMILES string of the molecule is COc1ncc(C)c(C(=O)N[C@@H](CCO[C@H]2C[C@@H](CCc3ccc4c(n3)NCCC4)C2)C(=O)O)c1C. The molecule has 0 bridgehead atoms. The minimum absolute atomic E-state index is 0.146. The molecule has 3 heterocycles. The molecule has 4 rings (SSSR count). The predicted octanol–water partition coefficient (Wildman–Crippen LogP) is 3.46. The van der Waals surface area contributed by atoms with E-state index in [0.29, 0.717) is 28.5 Å². The van der Waals surface area contributed by atoms with Crippen LogP contribution in [0.3, 0.4) is 0 Å². The zero-order valence-electron chi connectivity index (χ0n) is 21.3. The first-order chi connectivity index (χ1) is 17.4. The molecule has 1 amide bonds. The van der Waals surface area contributed by atoms with E-state index in [1.165, 1.54) is 12.7 Å². The normalized spacial score (nSPS) is 19.4. The average molecular weight is 497 g/mol. The minimum Gasteiger partial charge on any atom is -0.481 e. The lowest BCUT2D eigenvalue weighted by atomic mass is 9.79. The van der Waals surface area contributed by atoms with E-state index in [1.807, 2.05) is 0 Å². The van der Waals surface area contributed by atoms with Gasteiger partial charge in [0.1, 0.15) is 11.9 Å². The molecule has 1 aliphatic heterocycles. The Hall–Kier alpha value is -3.20. The first-order valence-corrected chi connectivity index (χ1v) is 12.7. The molecule has 0 radical (unpaired) electrons. The number of pyridine rings is 2. The topological polar surface area (TPSA) is 123 Å². The maximum absolute atomic E-state index is 12.8. The van der Waals surface area contributed by atoms with Crippen LogP contribution in [0.4, 0.5) is 5.82 Å². The highest BCUT2D eigenvalue weighted by Gasteiger charge is 2.30. The van der Waals surface area contributed by atoms with Crippen molar-refractivity contribution in [2.24, 2.45) is 5.92 Å². The fourth-order valence-corrected chi connectivity index (χ4v) is 5.02. The third kappa shape index (κ3) is 6.13. The van der Waals surface area contributed by atoms with Crippen molar-refractivity contribution in [2.45, 2.75) is 70.9 Å². The number of carbonyl (C=O) groups is 2. The van der Waals surface area contributed by atoms with Gasteiger partial charge in [0, 0.05) is 37.0 Å². The molecule has 9 heteroatoms. The molecule has 0 aromatic carbocycles. The van der Waals surface area contributed by atoms with Gasteiger partial charge in [-0.15, -0.1) is 0 Å². The van der Waals surface area contributed by atoms with Gasteiger partial charge in [-0.1, -0.05) is 6.07 Å². The largest absolute Gasteiger partial charge is 0.481 e. The first kappa shape index (κ1) is 25.9. The van der Waals surface area contributed by atoms with Crippen molar-refractivity contribution in [3.8, 4) is 5.88 Å². The van der Waals surface area contributed by atoms with E-state index in [1.54, 1.807) is 20.0 Å². The van der Waals surface area contributed by atoms with Crippen molar-refractivity contribution in [1.82, 2.24) is 15.3 Å². The molecule has 36 heavy (non-hydrogen) atoms. The van der Waals surface area contributed by atoms with Crippen LogP contribution in [0, 0.1) is 19.8 Å². The van der Waals surface area contributed by atoms with Crippen LogP contribution in [-0.4, -0.2) is 59.4 Å². The molecule has 1 fully saturated rings. The number of hydrogen-bond donors (Lipinski definition) is 3. The number of carbonyl (C=O) groups excluding carboxylic acids is 1. The van der Waals surface area contributed by atoms with Gasteiger partial charge in [0.25, 0.3) is 5.91 Å². The second-order valence-electron chi connectivity index (χ2n) is 9.81. The standard InChI is InChI=1S/C27H36N4O5/c1-16-15-29-26(35-3)17(2)23(16)25(32)31-22(27(33)34)10-12-36-21-13-18(14-21)6-8-20-9-7-19-5-4-11-28-24(19)30-20/h7,9,15,18,21-22H,4-6,8,10-14H2,1-3H3,(H,28,30)(H,31,32)(H,33,34)/t18-,21+,22-/m0/s1. The van der Waals surface area contributed by atoms with Gasteiger partial charge < -0.3 is 25.2 Å². The van der Waals surface area contributed by atoms with E-state index >= 15 is 0 Å². The number of anilines is 1. The number of hydrogen-bond acceptors (Lipinski definition) is 7. The van der Waals surface area contributed by atoms with Crippen LogP contribution in [-0.2, 0) is 22.4 Å². The molecule has 2 aliphatic rings. The quantitative estimate of drug-likeness (QED) is 0.432. The summed E-state index contributed by atoms with van der Waals surface area (Å²) in [5.74, 6) is 0.458. The Morgan fingerprint density at radius 3 is 2.83 bits per heavy atom. The van der Waals surface area contributed by atoms with E-state index in [0.717, 1.165) is 56.6 Å². The maximum Gasteiger partial charge on any atom is 0.326 e. The Morgan fingerprint density at radius 2 is 2.08 bits per heavy atom. The summed E-state index contributed by atoms with van der Waals surface area (Å²) in [6.07, 6.45) is 8.14. The van der Waals surface area contributed by atoms with E-state index in [4.69, 9.17) is 14.5 Å². The van der Waals surface area contributed by atoms with Crippen LogP contribution in [0.15, 0.2) is 18.3 Å². The van der Waals surface area contributed by atoms with Gasteiger partial charge in [0.05, 0.1) is 18.8 Å². The zero-order chi connectivity index (χ0) is 25.7. The van der Waals surface area contributed by atoms with Crippen LogP contribution in [0.25, 0.3) is 0 Å². The molecule has 3 N–H and O–H groups in total. The van der Waals surface area contributed by atoms with Crippen molar-refractivity contribution in [2.75, 3.05) is 25.6 Å². The summed E-state index contributed by atoms with van der Waals surface area (Å²) < 4.78 is 11.1. The fraction of sp³-hybridized carbons (Fsp3) is 0.556. The Labute approximate surface area is 212 Å². The number of ether oxygens (including phenoxy) is 2. The molecule has 9 nitrogen and oxygen atoms in total. The highest BCUT2D eigenvalue weighted by Crippen LogP contribution is 2.34. The Kier molecular flexibility index (Phi) is 8.40. The van der Waals surface area contributed by atoms with Gasteiger partial charge in [-0.25, -0.2) is 14.8 Å². The van der Waals surface area contributed by atoms with Crippen LogP contribution >= 0.6 is 0 Å². The Balaban J connectivity index is 1.19. The minimum atomic E-state index is -1.08. The molecule has 1 saturated carbocycles. The lowest BCUT2D eigenvalue weighted by Crippen LogP contribution is -2.42. The van der Waals surface area contributed by atoms with E-state index in [9.17, 15) is 14.7 Å². The number of aromatic nitrogens is 2. The van der Waals surface area contributed by atoms with Crippen molar-refractivity contribution >= 4 is 17.7 Å². The van der Waals surface area contributed by atoms with E-state index in [-0.39, 0.29) is 19.1 Å². The number of nitrogens with one attached hydrogen (secondary N) is 2. The Morgan fingerprint density at radius 1 is 1.28 bits per heavy atom. The molecule has 1 aliphatic carbocycles. The third-order valence-electron chi connectivity index (χ3n) is 7.20. The number of carboxylic acid groups (broad SMARTS) is 1. The van der Waals surface area contributed by atoms with Gasteiger partial charge in [0.15, 0.2) is 0 Å². The van der Waals surface area contributed by atoms with Crippen LogP contribution in [0.1, 0.15) is 64.8 Å². The number of fused-ring (bicyclic) bond motifs is 1. The second-order valence-corrected chi connectivity index (χ2v) is 9.81. The van der Waals surface area contributed by atoms with Crippen LogP contribution in [0.2, 0.25) is 0 Å². The first-order valence-electron chi connectivity index (χ1n) is 12.7.